The SMILES string of the molecule is Cc1cnc(SCCC(=O)O)c([N+](=O)[O-])c1. The molecule has 0 amide bonds. The smallest absolute Gasteiger partial charge is 0.304 e. The van der Waals surface area contributed by atoms with Crippen LogP contribution in [0.3, 0.4) is 0 Å². The first-order valence-corrected chi connectivity index (χ1v) is 5.45. The van der Waals surface area contributed by atoms with Crippen molar-refractivity contribution in [2.45, 2.75) is 18.4 Å². The number of thioether (sulfide) groups is 1. The monoisotopic (exact) mass is 242 g/mol. The number of carboxylic acid groups (broad SMARTS) is 1. The Labute approximate surface area is 95.8 Å². The summed E-state index contributed by atoms with van der Waals surface area (Å²) in [6.07, 6.45) is 1.48. The molecule has 1 aromatic rings. The number of aliphatic carboxylic acids is 1. The van der Waals surface area contributed by atoms with Gasteiger partial charge in [-0.2, -0.15) is 0 Å². The Bertz CT molecular complexity index is 422. The van der Waals surface area contributed by atoms with E-state index in [9.17, 15) is 14.9 Å². The Morgan fingerprint density at radius 3 is 2.94 bits per heavy atom. The Kier molecular flexibility index (Phi) is 4.24. The first kappa shape index (κ1) is 12.4. The van der Waals surface area contributed by atoms with E-state index in [1.165, 1.54) is 12.3 Å². The molecule has 0 atom stereocenters. The standard InChI is InChI=1S/C9H10N2O4S/c1-6-4-7(11(14)15)9(10-5-6)16-3-2-8(12)13/h4-5H,2-3H2,1H3,(H,12,13). The minimum Gasteiger partial charge on any atom is -0.481 e. The van der Waals surface area contributed by atoms with Crippen LogP contribution in [0.2, 0.25) is 0 Å². The molecule has 7 heteroatoms. The Hall–Kier alpha value is -1.63. The number of pyridine rings is 1. The van der Waals surface area contributed by atoms with Crippen molar-refractivity contribution in [3.8, 4) is 0 Å². The third-order valence-electron chi connectivity index (χ3n) is 1.72. The summed E-state index contributed by atoms with van der Waals surface area (Å²) in [6, 6.07) is 1.43. The molecule has 1 N–H and O–H groups in total. The topological polar surface area (TPSA) is 93.3 Å². The molecule has 6 nitrogen and oxygen atoms in total. The van der Waals surface area contributed by atoms with Crippen LogP contribution in [-0.2, 0) is 4.79 Å². The lowest BCUT2D eigenvalue weighted by molar-refractivity contribution is -0.388. The van der Waals surface area contributed by atoms with Gasteiger partial charge >= 0.3 is 11.7 Å². The largest absolute Gasteiger partial charge is 0.481 e. The van der Waals surface area contributed by atoms with Gasteiger partial charge in [0.05, 0.1) is 11.3 Å². The van der Waals surface area contributed by atoms with E-state index in [1.807, 2.05) is 0 Å². The lowest BCUT2D eigenvalue weighted by Gasteiger charge is -2.01. The molecule has 0 saturated carbocycles. The Morgan fingerprint density at radius 2 is 2.38 bits per heavy atom. The minimum absolute atomic E-state index is 0.0443. The van der Waals surface area contributed by atoms with Crippen LogP contribution >= 0.6 is 11.8 Å². The van der Waals surface area contributed by atoms with Crippen LogP contribution in [0.15, 0.2) is 17.3 Å². The van der Waals surface area contributed by atoms with Crippen LogP contribution in [0, 0.1) is 17.0 Å². The number of hydrogen-bond acceptors (Lipinski definition) is 5. The highest BCUT2D eigenvalue weighted by Crippen LogP contribution is 2.27. The summed E-state index contributed by atoms with van der Waals surface area (Å²) in [5.41, 5.74) is 0.629. The van der Waals surface area contributed by atoms with Crippen LogP contribution in [-0.4, -0.2) is 26.7 Å². The molecule has 0 aliphatic carbocycles. The van der Waals surface area contributed by atoms with Crippen molar-refractivity contribution >= 4 is 23.4 Å². The van der Waals surface area contributed by atoms with Gasteiger partial charge < -0.3 is 5.11 Å². The average molecular weight is 242 g/mol. The molecule has 0 unspecified atom stereocenters. The number of hydrogen-bond donors (Lipinski definition) is 1. The maximum absolute atomic E-state index is 10.7. The van der Waals surface area contributed by atoms with Gasteiger partial charge in [-0.05, 0) is 12.5 Å². The second-order valence-corrected chi connectivity index (χ2v) is 4.17. The van der Waals surface area contributed by atoms with Gasteiger partial charge in [-0.3, -0.25) is 14.9 Å². The van der Waals surface area contributed by atoms with Crippen molar-refractivity contribution in [1.29, 1.82) is 0 Å². The van der Waals surface area contributed by atoms with E-state index < -0.39 is 10.9 Å². The molecule has 0 saturated heterocycles. The fourth-order valence-electron chi connectivity index (χ4n) is 1.02. The highest BCUT2D eigenvalue weighted by Gasteiger charge is 2.15. The molecule has 0 radical (unpaired) electrons. The summed E-state index contributed by atoms with van der Waals surface area (Å²) in [4.78, 5) is 24.4. The quantitative estimate of drug-likeness (QED) is 0.481. The van der Waals surface area contributed by atoms with E-state index in [0.29, 0.717) is 5.56 Å². The summed E-state index contributed by atoms with van der Waals surface area (Å²) in [5.74, 6) is -0.658. The average Bonchev–Trinajstić information content (AvgIpc) is 2.19. The number of nitrogens with zero attached hydrogens (tertiary/aromatic N) is 2. The molecule has 1 rings (SSSR count). The number of carboxylic acids is 1. The number of aryl methyl sites for hydroxylation is 1. The molecule has 0 fully saturated rings. The van der Waals surface area contributed by atoms with Gasteiger partial charge in [-0.15, -0.1) is 0 Å². The van der Waals surface area contributed by atoms with Crippen molar-refractivity contribution in [3.05, 3.63) is 27.9 Å². The van der Waals surface area contributed by atoms with Crippen molar-refractivity contribution in [3.63, 3.8) is 0 Å². The predicted octanol–water partition coefficient (Wildman–Crippen LogP) is 1.87. The molecule has 86 valence electrons. The lowest BCUT2D eigenvalue weighted by atomic mass is 10.3. The van der Waals surface area contributed by atoms with Gasteiger partial charge in [-0.25, -0.2) is 4.98 Å². The van der Waals surface area contributed by atoms with Crippen LogP contribution in [0.5, 0.6) is 0 Å². The van der Waals surface area contributed by atoms with Gasteiger partial charge in [0.25, 0.3) is 0 Å². The van der Waals surface area contributed by atoms with E-state index in [-0.39, 0.29) is 22.9 Å². The fourth-order valence-corrected chi connectivity index (χ4v) is 1.90. The van der Waals surface area contributed by atoms with Gasteiger partial charge in [0.15, 0.2) is 5.03 Å². The first-order valence-electron chi connectivity index (χ1n) is 4.46. The molecule has 0 aliphatic heterocycles. The van der Waals surface area contributed by atoms with E-state index in [1.54, 1.807) is 6.92 Å². The third-order valence-corrected chi connectivity index (χ3v) is 2.72. The Balaban J connectivity index is 2.78. The number of carbonyl (C=O) groups is 1. The fraction of sp³-hybridized carbons (Fsp3) is 0.333. The molecule has 1 heterocycles. The normalized spacial score (nSPS) is 10.1. The number of rotatable bonds is 5. The molecule has 0 bridgehead atoms. The van der Waals surface area contributed by atoms with Gasteiger partial charge in [0.2, 0.25) is 0 Å². The molecule has 0 aliphatic rings. The molecule has 0 spiro atoms. The van der Waals surface area contributed by atoms with Gasteiger partial charge in [0.1, 0.15) is 0 Å². The van der Waals surface area contributed by atoms with Crippen molar-refractivity contribution in [1.82, 2.24) is 4.98 Å². The van der Waals surface area contributed by atoms with Gasteiger partial charge in [-0.1, -0.05) is 11.8 Å². The molecular weight excluding hydrogens is 232 g/mol. The van der Waals surface area contributed by atoms with Crippen LogP contribution in [0.4, 0.5) is 5.69 Å². The number of nitro groups is 1. The number of aromatic nitrogens is 1. The van der Waals surface area contributed by atoms with E-state index in [2.05, 4.69) is 4.98 Å². The maximum Gasteiger partial charge on any atom is 0.304 e. The molecule has 16 heavy (non-hydrogen) atoms. The van der Waals surface area contributed by atoms with Crippen LogP contribution in [0.25, 0.3) is 0 Å². The van der Waals surface area contributed by atoms with E-state index >= 15 is 0 Å². The van der Waals surface area contributed by atoms with E-state index in [4.69, 9.17) is 5.11 Å². The van der Waals surface area contributed by atoms with E-state index in [0.717, 1.165) is 11.8 Å². The zero-order valence-corrected chi connectivity index (χ0v) is 9.36. The summed E-state index contributed by atoms with van der Waals surface area (Å²) < 4.78 is 0. The highest BCUT2D eigenvalue weighted by atomic mass is 32.2. The van der Waals surface area contributed by atoms with Crippen LogP contribution in [0.1, 0.15) is 12.0 Å². The molecular formula is C9H10N2O4S. The first-order chi connectivity index (χ1) is 7.50. The molecule has 1 aromatic heterocycles. The highest BCUT2D eigenvalue weighted by molar-refractivity contribution is 7.99. The van der Waals surface area contributed by atoms with Crippen molar-refractivity contribution in [2.24, 2.45) is 0 Å². The second kappa shape index (κ2) is 5.45. The van der Waals surface area contributed by atoms with Crippen molar-refractivity contribution < 1.29 is 14.8 Å². The summed E-state index contributed by atoms with van der Waals surface area (Å²) in [6.45, 7) is 1.71. The van der Waals surface area contributed by atoms with Crippen molar-refractivity contribution in [2.75, 3.05) is 5.75 Å². The van der Waals surface area contributed by atoms with Crippen LogP contribution < -0.4 is 0 Å². The second-order valence-electron chi connectivity index (χ2n) is 3.09. The summed E-state index contributed by atoms with van der Waals surface area (Å²) in [5, 5.41) is 19.4. The Morgan fingerprint density at radius 1 is 1.69 bits per heavy atom. The zero-order chi connectivity index (χ0) is 12.1. The van der Waals surface area contributed by atoms with Gasteiger partial charge in [0, 0.05) is 18.0 Å². The minimum atomic E-state index is -0.928. The summed E-state index contributed by atoms with van der Waals surface area (Å²) in [7, 11) is 0. The lowest BCUT2D eigenvalue weighted by Crippen LogP contribution is -1.98. The zero-order valence-electron chi connectivity index (χ0n) is 8.54. The maximum atomic E-state index is 10.7. The summed E-state index contributed by atoms with van der Waals surface area (Å²) >= 11 is 1.08. The predicted molar refractivity (Wildman–Crippen MR) is 58.6 cm³/mol. The third kappa shape index (κ3) is 3.50. The molecule has 0 aromatic carbocycles.